The van der Waals surface area contributed by atoms with E-state index in [2.05, 4.69) is 15.3 Å². The molecule has 0 unspecified atom stereocenters. The van der Waals surface area contributed by atoms with Crippen LogP contribution in [0.5, 0.6) is 5.75 Å². The Morgan fingerprint density at radius 1 is 1.20 bits per heavy atom. The van der Waals surface area contributed by atoms with Gasteiger partial charge >= 0.3 is 0 Å². The summed E-state index contributed by atoms with van der Waals surface area (Å²) in [5.41, 5.74) is 3.52. The fraction of sp³-hybridized carbons (Fsp3) is 0.211. The molecule has 0 saturated carbocycles. The second kappa shape index (κ2) is 7.44. The molecule has 0 saturated heterocycles. The smallest absolute Gasteiger partial charge is 0.267 e. The number of nitrogens with zero attached hydrogens (tertiary/aromatic N) is 2. The Kier molecular flexibility index (Phi) is 5.09. The molecule has 2 heterocycles. The molecule has 1 N–H and O–H groups in total. The number of anilines is 1. The highest BCUT2D eigenvalue weighted by Gasteiger charge is 2.16. The lowest BCUT2D eigenvalue weighted by atomic mass is 10.2. The van der Waals surface area contributed by atoms with Gasteiger partial charge in [-0.15, -0.1) is 11.3 Å². The molecule has 25 heavy (non-hydrogen) atoms. The van der Waals surface area contributed by atoms with Crippen molar-refractivity contribution in [3.8, 4) is 5.75 Å². The predicted molar refractivity (Wildman–Crippen MR) is 99.3 cm³/mol. The molecule has 1 amide bonds. The Morgan fingerprint density at radius 3 is 2.76 bits per heavy atom. The summed E-state index contributed by atoms with van der Waals surface area (Å²) in [6.07, 6.45) is 1.68. The van der Waals surface area contributed by atoms with Crippen molar-refractivity contribution in [2.45, 2.75) is 27.4 Å². The summed E-state index contributed by atoms with van der Waals surface area (Å²) < 4.78 is 5.68. The molecule has 0 aliphatic rings. The van der Waals surface area contributed by atoms with Crippen LogP contribution in [-0.4, -0.2) is 15.9 Å². The van der Waals surface area contributed by atoms with Crippen molar-refractivity contribution in [1.29, 1.82) is 0 Å². The van der Waals surface area contributed by atoms with E-state index in [1.807, 2.05) is 57.2 Å². The van der Waals surface area contributed by atoms with E-state index in [9.17, 15) is 4.79 Å². The highest BCUT2D eigenvalue weighted by atomic mass is 32.1. The van der Waals surface area contributed by atoms with E-state index in [-0.39, 0.29) is 5.91 Å². The van der Waals surface area contributed by atoms with Gasteiger partial charge in [-0.25, -0.2) is 4.98 Å². The minimum Gasteiger partial charge on any atom is -0.485 e. The van der Waals surface area contributed by atoms with Crippen molar-refractivity contribution >= 4 is 22.9 Å². The zero-order valence-electron chi connectivity index (χ0n) is 14.4. The first-order valence-corrected chi connectivity index (χ1v) is 8.72. The molecule has 3 aromatic rings. The monoisotopic (exact) mass is 353 g/mol. The lowest BCUT2D eigenvalue weighted by Crippen LogP contribution is -2.11. The first kappa shape index (κ1) is 17.1. The van der Waals surface area contributed by atoms with Crippen molar-refractivity contribution in [2.75, 3.05) is 5.32 Å². The van der Waals surface area contributed by atoms with Crippen LogP contribution in [0.1, 0.15) is 31.6 Å². The van der Waals surface area contributed by atoms with Crippen molar-refractivity contribution in [3.05, 3.63) is 69.4 Å². The number of carbonyl (C=O) groups is 1. The van der Waals surface area contributed by atoms with Gasteiger partial charge in [0.2, 0.25) is 0 Å². The van der Waals surface area contributed by atoms with Crippen LogP contribution >= 0.6 is 11.3 Å². The predicted octanol–water partition coefficient (Wildman–Crippen LogP) is 4.29. The van der Waals surface area contributed by atoms with E-state index in [1.165, 1.54) is 11.3 Å². The third kappa shape index (κ3) is 4.42. The van der Waals surface area contributed by atoms with E-state index in [0.29, 0.717) is 22.9 Å². The highest BCUT2D eigenvalue weighted by Crippen LogP contribution is 2.22. The van der Waals surface area contributed by atoms with Gasteiger partial charge in [-0.1, -0.05) is 12.1 Å². The SMILES string of the molecule is Cc1cccc(NC(=O)c2sc(COc3ccc(C)nc3)nc2C)c1. The fourth-order valence-electron chi connectivity index (χ4n) is 2.32. The number of nitrogens with one attached hydrogen (secondary N) is 1. The highest BCUT2D eigenvalue weighted by molar-refractivity contribution is 7.13. The summed E-state index contributed by atoms with van der Waals surface area (Å²) in [6.45, 7) is 6.06. The quantitative estimate of drug-likeness (QED) is 0.743. The van der Waals surface area contributed by atoms with Crippen LogP contribution in [0, 0.1) is 20.8 Å². The van der Waals surface area contributed by atoms with E-state index >= 15 is 0 Å². The summed E-state index contributed by atoms with van der Waals surface area (Å²) >= 11 is 1.34. The Labute approximate surface area is 150 Å². The van der Waals surface area contributed by atoms with E-state index in [0.717, 1.165) is 22.0 Å². The number of carbonyl (C=O) groups excluding carboxylic acids is 1. The van der Waals surface area contributed by atoms with Crippen LogP contribution in [0.25, 0.3) is 0 Å². The van der Waals surface area contributed by atoms with Crippen LogP contribution < -0.4 is 10.1 Å². The van der Waals surface area contributed by atoms with E-state index in [1.54, 1.807) is 6.20 Å². The van der Waals surface area contributed by atoms with Crippen molar-refractivity contribution in [1.82, 2.24) is 9.97 Å². The largest absolute Gasteiger partial charge is 0.485 e. The molecule has 0 radical (unpaired) electrons. The maximum absolute atomic E-state index is 12.5. The first-order chi connectivity index (χ1) is 12.0. The molecule has 5 nitrogen and oxygen atoms in total. The Bertz CT molecular complexity index is 888. The number of aryl methyl sites for hydroxylation is 3. The molecule has 0 spiro atoms. The number of rotatable bonds is 5. The first-order valence-electron chi connectivity index (χ1n) is 7.91. The van der Waals surface area contributed by atoms with Gasteiger partial charge in [0.15, 0.2) is 0 Å². The summed E-state index contributed by atoms with van der Waals surface area (Å²) in [7, 11) is 0. The van der Waals surface area contributed by atoms with Gasteiger partial charge in [0.05, 0.1) is 11.9 Å². The summed E-state index contributed by atoms with van der Waals surface area (Å²) in [6, 6.07) is 11.5. The van der Waals surface area contributed by atoms with Gasteiger partial charge in [-0.3, -0.25) is 9.78 Å². The van der Waals surface area contributed by atoms with E-state index in [4.69, 9.17) is 4.74 Å². The fourth-order valence-corrected chi connectivity index (χ4v) is 3.19. The van der Waals surface area contributed by atoms with Crippen LogP contribution in [0.2, 0.25) is 0 Å². The molecule has 0 aliphatic carbocycles. The van der Waals surface area contributed by atoms with Gasteiger partial charge in [0.25, 0.3) is 5.91 Å². The summed E-state index contributed by atoms with van der Waals surface area (Å²) in [4.78, 5) is 21.7. The molecule has 6 heteroatoms. The third-order valence-electron chi connectivity index (χ3n) is 3.57. The normalized spacial score (nSPS) is 10.5. The Hall–Kier alpha value is -2.73. The lowest BCUT2D eigenvalue weighted by molar-refractivity contribution is 0.103. The molecule has 128 valence electrons. The van der Waals surface area contributed by atoms with Crippen LogP contribution in [0.15, 0.2) is 42.6 Å². The number of thiazole rings is 1. The molecule has 0 bridgehead atoms. The molecular formula is C19H19N3O2S. The zero-order chi connectivity index (χ0) is 17.8. The van der Waals surface area contributed by atoms with Crippen molar-refractivity contribution < 1.29 is 9.53 Å². The number of hydrogen-bond acceptors (Lipinski definition) is 5. The minimum absolute atomic E-state index is 0.149. The van der Waals surface area contributed by atoms with Gasteiger partial charge in [-0.2, -0.15) is 0 Å². The van der Waals surface area contributed by atoms with Crippen LogP contribution in [0.3, 0.4) is 0 Å². The number of pyridine rings is 1. The Balaban J connectivity index is 1.67. The average molecular weight is 353 g/mol. The van der Waals surface area contributed by atoms with Crippen LogP contribution in [-0.2, 0) is 6.61 Å². The van der Waals surface area contributed by atoms with Crippen LogP contribution in [0.4, 0.5) is 5.69 Å². The second-order valence-corrected chi connectivity index (χ2v) is 6.85. The topological polar surface area (TPSA) is 64.1 Å². The molecular weight excluding hydrogens is 334 g/mol. The van der Waals surface area contributed by atoms with Gasteiger partial charge < -0.3 is 10.1 Å². The van der Waals surface area contributed by atoms with Gasteiger partial charge in [-0.05, 0) is 50.6 Å². The number of amides is 1. The molecule has 0 atom stereocenters. The molecule has 0 fully saturated rings. The third-order valence-corrected chi connectivity index (χ3v) is 4.70. The standard InChI is InChI=1S/C19H19N3O2S/c1-12-5-4-6-15(9-12)22-19(23)18-14(3)21-17(25-18)11-24-16-8-7-13(2)20-10-16/h4-10H,11H2,1-3H3,(H,22,23). The number of hydrogen-bond donors (Lipinski definition) is 1. The molecule has 0 aliphatic heterocycles. The second-order valence-electron chi connectivity index (χ2n) is 5.77. The van der Waals surface area contributed by atoms with Crippen molar-refractivity contribution in [3.63, 3.8) is 0 Å². The van der Waals surface area contributed by atoms with Crippen molar-refractivity contribution in [2.24, 2.45) is 0 Å². The molecule has 1 aromatic carbocycles. The zero-order valence-corrected chi connectivity index (χ0v) is 15.2. The average Bonchev–Trinajstić information content (AvgIpc) is 2.95. The van der Waals surface area contributed by atoms with Gasteiger partial charge in [0.1, 0.15) is 22.2 Å². The summed E-state index contributed by atoms with van der Waals surface area (Å²) in [5.74, 6) is 0.535. The minimum atomic E-state index is -0.149. The number of aromatic nitrogens is 2. The van der Waals surface area contributed by atoms with Gasteiger partial charge in [0, 0.05) is 11.4 Å². The molecule has 3 rings (SSSR count). The maximum Gasteiger partial charge on any atom is 0.267 e. The maximum atomic E-state index is 12.5. The molecule has 2 aromatic heterocycles. The Morgan fingerprint density at radius 2 is 2.04 bits per heavy atom. The van der Waals surface area contributed by atoms with E-state index < -0.39 is 0 Å². The lowest BCUT2D eigenvalue weighted by Gasteiger charge is -2.04. The number of benzene rings is 1. The summed E-state index contributed by atoms with van der Waals surface area (Å²) in [5, 5.41) is 3.67. The number of ether oxygens (including phenoxy) is 1.